The SMILES string of the molecule is CCOC(=O)C(C)N(C)C(=O)c1ccn(C(C)C)n1. The minimum atomic E-state index is -0.628. The first-order chi connectivity index (χ1) is 8.88. The van der Waals surface area contributed by atoms with E-state index < -0.39 is 12.0 Å². The zero-order chi connectivity index (χ0) is 14.6. The highest BCUT2D eigenvalue weighted by Gasteiger charge is 2.25. The third-order valence-corrected chi connectivity index (χ3v) is 2.89. The van der Waals surface area contributed by atoms with E-state index >= 15 is 0 Å². The molecule has 0 aliphatic rings. The summed E-state index contributed by atoms with van der Waals surface area (Å²) in [6.07, 6.45) is 1.75. The predicted molar refractivity (Wildman–Crippen MR) is 70.8 cm³/mol. The Morgan fingerprint density at radius 1 is 1.42 bits per heavy atom. The maximum absolute atomic E-state index is 12.2. The minimum absolute atomic E-state index is 0.189. The Morgan fingerprint density at radius 3 is 2.53 bits per heavy atom. The molecule has 0 aromatic carbocycles. The quantitative estimate of drug-likeness (QED) is 0.758. The summed E-state index contributed by atoms with van der Waals surface area (Å²) in [5, 5.41) is 4.19. The Kier molecular flexibility index (Phi) is 5.09. The molecule has 0 N–H and O–H groups in total. The van der Waals surface area contributed by atoms with E-state index in [4.69, 9.17) is 4.74 Å². The van der Waals surface area contributed by atoms with Crippen molar-refractivity contribution in [3.63, 3.8) is 0 Å². The second-order valence-electron chi connectivity index (χ2n) is 4.62. The van der Waals surface area contributed by atoms with E-state index in [2.05, 4.69) is 5.10 Å². The van der Waals surface area contributed by atoms with Gasteiger partial charge in [0.05, 0.1) is 6.61 Å². The van der Waals surface area contributed by atoms with Crippen LogP contribution in [0.5, 0.6) is 0 Å². The van der Waals surface area contributed by atoms with Crippen molar-refractivity contribution in [3.05, 3.63) is 18.0 Å². The molecule has 1 aromatic rings. The topological polar surface area (TPSA) is 64.4 Å². The summed E-state index contributed by atoms with van der Waals surface area (Å²) in [5.41, 5.74) is 0.326. The summed E-state index contributed by atoms with van der Waals surface area (Å²) in [4.78, 5) is 25.1. The zero-order valence-corrected chi connectivity index (χ0v) is 12.1. The van der Waals surface area contributed by atoms with E-state index in [-0.39, 0.29) is 11.9 Å². The molecule has 0 fully saturated rings. The predicted octanol–water partition coefficient (Wildman–Crippen LogP) is 1.49. The molecular formula is C13H21N3O3. The van der Waals surface area contributed by atoms with Crippen molar-refractivity contribution < 1.29 is 14.3 Å². The van der Waals surface area contributed by atoms with Crippen molar-refractivity contribution in [2.75, 3.05) is 13.7 Å². The van der Waals surface area contributed by atoms with Crippen LogP contribution in [-0.2, 0) is 9.53 Å². The van der Waals surface area contributed by atoms with Crippen LogP contribution in [0.2, 0.25) is 0 Å². The van der Waals surface area contributed by atoms with Gasteiger partial charge in [0.1, 0.15) is 11.7 Å². The number of rotatable bonds is 5. The third kappa shape index (κ3) is 3.56. The summed E-state index contributed by atoms with van der Waals surface area (Å²) in [5.74, 6) is -0.707. The Hall–Kier alpha value is -1.85. The highest BCUT2D eigenvalue weighted by atomic mass is 16.5. The molecule has 19 heavy (non-hydrogen) atoms. The molecule has 0 saturated heterocycles. The molecule has 6 heteroatoms. The van der Waals surface area contributed by atoms with Crippen LogP contribution in [0.1, 0.15) is 44.2 Å². The lowest BCUT2D eigenvalue weighted by molar-refractivity contribution is -0.147. The van der Waals surface area contributed by atoms with Crippen LogP contribution in [0, 0.1) is 0 Å². The number of carbonyl (C=O) groups excluding carboxylic acids is 2. The number of hydrogen-bond acceptors (Lipinski definition) is 4. The fraction of sp³-hybridized carbons (Fsp3) is 0.615. The first-order valence-electron chi connectivity index (χ1n) is 6.37. The van der Waals surface area contributed by atoms with Gasteiger partial charge in [-0.2, -0.15) is 5.10 Å². The van der Waals surface area contributed by atoms with Gasteiger partial charge in [-0.05, 0) is 33.8 Å². The minimum Gasteiger partial charge on any atom is -0.464 e. The van der Waals surface area contributed by atoms with E-state index in [0.29, 0.717) is 12.3 Å². The van der Waals surface area contributed by atoms with Crippen LogP contribution >= 0.6 is 0 Å². The molecular weight excluding hydrogens is 246 g/mol. The van der Waals surface area contributed by atoms with Crippen molar-refractivity contribution in [1.29, 1.82) is 0 Å². The lowest BCUT2D eigenvalue weighted by Crippen LogP contribution is -2.41. The van der Waals surface area contributed by atoms with Crippen molar-refractivity contribution in [1.82, 2.24) is 14.7 Å². The molecule has 1 atom stereocenters. The summed E-state index contributed by atoms with van der Waals surface area (Å²) in [6, 6.07) is 1.21. The highest BCUT2D eigenvalue weighted by Crippen LogP contribution is 2.09. The van der Waals surface area contributed by atoms with Crippen LogP contribution in [0.4, 0.5) is 0 Å². The number of esters is 1. The molecule has 0 aliphatic carbocycles. The summed E-state index contributed by atoms with van der Waals surface area (Å²) in [6.45, 7) is 7.62. The van der Waals surface area contributed by atoms with Gasteiger partial charge >= 0.3 is 5.97 Å². The molecule has 0 spiro atoms. The largest absolute Gasteiger partial charge is 0.464 e. The lowest BCUT2D eigenvalue weighted by Gasteiger charge is -2.22. The molecule has 1 rings (SSSR count). The van der Waals surface area contributed by atoms with Gasteiger partial charge in [-0.25, -0.2) is 4.79 Å². The van der Waals surface area contributed by atoms with Crippen LogP contribution in [0.3, 0.4) is 0 Å². The number of likely N-dealkylation sites (N-methyl/N-ethyl adjacent to an activating group) is 1. The van der Waals surface area contributed by atoms with E-state index in [1.165, 1.54) is 4.90 Å². The Labute approximate surface area is 113 Å². The fourth-order valence-electron chi connectivity index (χ4n) is 1.52. The van der Waals surface area contributed by atoms with Gasteiger partial charge < -0.3 is 9.64 Å². The van der Waals surface area contributed by atoms with E-state index in [9.17, 15) is 9.59 Å². The normalized spacial score (nSPS) is 12.3. The van der Waals surface area contributed by atoms with Crippen LogP contribution in [-0.4, -0.2) is 46.3 Å². The molecule has 6 nitrogen and oxygen atoms in total. The van der Waals surface area contributed by atoms with Gasteiger partial charge in [0.15, 0.2) is 0 Å². The Morgan fingerprint density at radius 2 is 2.05 bits per heavy atom. The molecule has 106 valence electrons. The number of carbonyl (C=O) groups is 2. The average Bonchev–Trinajstić information content (AvgIpc) is 2.86. The third-order valence-electron chi connectivity index (χ3n) is 2.89. The standard InChI is InChI=1S/C13H21N3O3/c1-6-19-13(18)10(4)15(5)12(17)11-7-8-16(14-11)9(2)3/h7-10H,6H2,1-5H3. The van der Waals surface area contributed by atoms with E-state index in [0.717, 1.165) is 0 Å². The summed E-state index contributed by atoms with van der Waals surface area (Å²) >= 11 is 0. The summed E-state index contributed by atoms with van der Waals surface area (Å²) < 4.78 is 6.60. The number of amides is 1. The number of ether oxygens (including phenoxy) is 1. The monoisotopic (exact) mass is 267 g/mol. The molecule has 0 aliphatic heterocycles. The van der Waals surface area contributed by atoms with Gasteiger partial charge in [-0.15, -0.1) is 0 Å². The fourth-order valence-corrected chi connectivity index (χ4v) is 1.52. The van der Waals surface area contributed by atoms with E-state index in [1.54, 1.807) is 37.8 Å². The number of aromatic nitrogens is 2. The lowest BCUT2D eigenvalue weighted by atomic mass is 10.2. The number of nitrogens with zero attached hydrogens (tertiary/aromatic N) is 3. The van der Waals surface area contributed by atoms with Gasteiger partial charge in [-0.3, -0.25) is 9.48 Å². The zero-order valence-electron chi connectivity index (χ0n) is 12.1. The molecule has 0 bridgehead atoms. The smallest absolute Gasteiger partial charge is 0.328 e. The van der Waals surface area contributed by atoms with Gasteiger partial charge in [0.2, 0.25) is 0 Å². The van der Waals surface area contributed by atoms with Crippen LogP contribution in [0.15, 0.2) is 12.3 Å². The second kappa shape index (κ2) is 6.36. The molecule has 0 saturated carbocycles. The van der Waals surface area contributed by atoms with Gasteiger partial charge in [-0.1, -0.05) is 0 Å². The van der Waals surface area contributed by atoms with Crippen molar-refractivity contribution >= 4 is 11.9 Å². The molecule has 0 radical (unpaired) electrons. The maximum Gasteiger partial charge on any atom is 0.328 e. The Balaban J connectivity index is 2.78. The van der Waals surface area contributed by atoms with Gasteiger partial charge in [0, 0.05) is 19.3 Å². The highest BCUT2D eigenvalue weighted by molar-refractivity contribution is 5.94. The van der Waals surface area contributed by atoms with Crippen molar-refractivity contribution in [2.24, 2.45) is 0 Å². The molecule has 1 amide bonds. The molecule has 1 aromatic heterocycles. The van der Waals surface area contributed by atoms with Crippen molar-refractivity contribution in [2.45, 2.75) is 39.8 Å². The second-order valence-corrected chi connectivity index (χ2v) is 4.62. The molecule has 1 unspecified atom stereocenters. The van der Waals surface area contributed by atoms with Gasteiger partial charge in [0.25, 0.3) is 5.91 Å². The maximum atomic E-state index is 12.2. The molecule has 1 heterocycles. The van der Waals surface area contributed by atoms with E-state index in [1.807, 2.05) is 13.8 Å². The summed E-state index contributed by atoms with van der Waals surface area (Å²) in [7, 11) is 1.57. The first-order valence-corrected chi connectivity index (χ1v) is 6.37. The van der Waals surface area contributed by atoms with Crippen LogP contribution in [0.25, 0.3) is 0 Å². The average molecular weight is 267 g/mol. The van der Waals surface area contributed by atoms with Crippen molar-refractivity contribution in [3.8, 4) is 0 Å². The Bertz CT molecular complexity index is 454. The first kappa shape index (κ1) is 15.2. The number of hydrogen-bond donors (Lipinski definition) is 0. The van der Waals surface area contributed by atoms with Crippen LogP contribution < -0.4 is 0 Å².